The van der Waals surface area contributed by atoms with Crippen molar-refractivity contribution in [3.05, 3.63) is 39.3 Å². The Hall–Kier alpha value is -1.62. The second-order valence-corrected chi connectivity index (χ2v) is 5.98. The lowest BCUT2D eigenvalue weighted by Crippen LogP contribution is -2.27. The predicted octanol–water partition coefficient (Wildman–Crippen LogP) is 2.62. The lowest BCUT2D eigenvalue weighted by Gasteiger charge is -2.07. The Morgan fingerprint density at radius 2 is 2.20 bits per heavy atom. The van der Waals surface area contributed by atoms with E-state index in [1.54, 1.807) is 11.3 Å². The van der Waals surface area contributed by atoms with Crippen LogP contribution in [0.3, 0.4) is 0 Å². The summed E-state index contributed by atoms with van der Waals surface area (Å²) in [6, 6.07) is 4.08. The fraction of sp³-hybridized carbons (Fsp3) is 0.467. The van der Waals surface area contributed by atoms with Gasteiger partial charge < -0.3 is 5.32 Å². The van der Waals surface area contributed by atoms with E-state index in [0.717, 1.165) is 18.7 Å². The number of aromatic nitrogens is 2. The number of nitrogens with zero attached hydrogens (tertiary/aromatic N) is 2. The number of thiophene rings is 1. The van der Waals surface area contributed by atoms with Crippen LogP contribution < -0.4 is 5.32 Å². The summed E-state index contributed by atoms with van der Waals surface area (Å²) in [7, 11) is 0. The summed E-state index contributed by atoms with van der Waals surface area (Å²) in [6.45, 7) is 7.51. The zero-order valence-electron chi connectivity index (χ0n) is 12.3. The van der Waals surface area contributed by atoms with Crippen molar-refractivity contribution < 1.29 is 4.79 Å². The number of rotatable bonds is 6. The molecule has 0 aliphatic carbocycles. The van der Waals surface area contributed by atoms with Crippen molar-refractivity contribution in [3.8, 4) is 0 Å². The van der Waals surface area contributed by atoms with Gasteiger partial charge in [-0.3, -0.25) is 9.48 Å². The number of carbonyl (C=O) groups excluding carboxylic acids is 1. The van der Waals surface area contributed by atoms with E-state index >= 15 is 0 Å². The molecule has 1 amide bonds. The third kappa shape index (κ3) is 3.70. The molecule has 108 valence electrons. The standard InChI is InChI=1S/C15H21N3OS/c1-11-12(2)17-18(13(11)3)9-8-16-15(19)7-6-14-5-4-10-20-14/h4-5,10H,6-9H2,1-3H3,(H,16,19). The predicted molar refractivity (Wildman–Crippen MR) is 82.1 cm³/mol. The highest BCUT2D eigenvalue weighted by Crippen LogP contribution is 2.11. The largest absolute Gasteiger partial charge is 0.354 e. The Morgan fingerprint density at radius 1 is 1.40 bits per heavy atom. The molecule has 0 unspecified atom stereocenters. The molecule has 20 heavy (non-hydrogen) atoms. The first-order valence-corrected chi connectivity index (χ1v) is 7.75. The van der Waals surface area contributed by atoms with Crippen LogP contribution in [0.4, 0.5) is 0 Å². The van der Waals surface area contributed by atoms with Crippen molar-refractivity contribution in [3.63, 3.8) is 0 Å². The van der Waals surface area contributed by atoms with Gasteiger partial charge in [0.05, 0.1) is 12.2 Å². The van der Waals surface area contributed by atoms with E-state index in [9.17, 15) is 4.79 Å². The van der Waals surface area contributed by atoms with Crippen molar-refractivity contribution >= 4 is 17.2 Å². The molecule has 0 spiro atoms. The van der Waals surface area contributed by atoms with E-state index < -0.39 is 0 Å². The maximum absolute atomic E-state index is 11.7. The summed E-state index contributed by atoms with van der Waals surface area (Å²) < 4.78 is 1.96. The highest BCUT2D eigenvalue weighted by molar-refractivity contribution is 7.09. The van der Waals surface area contributed by atoms with Gasteiger partial charge in [0.1, 0.15) is 0 Å². The fourth-order valence-corrected chi connectivity index (χ4v) is 2.79. The monoisotopic (exact) mass is 291 g/mol. The minimum absolute atomic E-state index is 0.108. The highest BCUT2D eigenvalue weighted by atomic mass is 32.1. The molecule has 0 atom stereocenters. The smallest absolute Gasteiger partial charge is 0.220 e. The zero-order valence-corrected chi connectivity index (χ0v) is 13.1. The van der Waals surface area contributed by atoms with Crippen molar-refractivity contribution in [2.24, 2.45) is 0 Å². The molecule has 5 heteroatoms. The van der Waals surface area contributed by atoms with Gasteiger partial charge in [-0.15, -0.1) is 11.3 Å². The number of carbonyl (C=O) groups is 1. The zero-order chi connectivity index (χ0) is 14.5. The summed E-state index contributed by atoms with van der Waals surface area (Å²) in [4.78, 5) is 13.0. The van der Waals surface area contributed by atoms with Gasteiger partial charge in [0.15, 0.2) is 0 Å². The molecule has 0 saturated heterocycles. The molecule has 2 aromatic heterocycles. The van der Waals surface area contributed by atoms with Crippen molar-refractivity contribution in [1.82, 2.24) is 15.1 Å². The van der Waals surface area contributed by atoms with Crippen LogP contribution in [0, 0.1) is 20.8 Å². The fourth-order valence-electron chi connectivity index (χ4n) is 2.09. The summed E-state index contributed by atoms with van der Waals surface area (Å²) in [5, 5.41) is 9.45. The Balaban J connectivity index is 1.72. The average Bonchev–Trinajstić information content (AvgIpc) is 3.02. The van der Waals surface area contributed by atoms with Crippen LogP contribution in [0.1, 0.15) is 28.2 Å². The van der Waals surface area contributed by atoms with Gasteiger partial charge in [0.2, 0.25) is 5.91 Å². The second-order valence-electron chi connectivity index (χ2n) is 4.95. The summed E-state index contributed by atoms with van der Waals surface area (Å²) >= 11 is 1.70. The SMILES string of the molecule is Cc1nn(CCNC(=O)CCc2cccs2)c(C)c1C. The van der Waals surface area contributed by atoms with E-state index in [4.69, 9.17) is 0 Å². The van der Waals surface area contributed by atoms with Gasteiger partial charge in [-0.1, -0.05) is 6.07 Å². The molecule has 0 bridgehead atoms. The lowest BCUT2D eigenvalue weighted by molar-refractivity contribution is -0.121. The van der Waals surface area contributed by atoms with E-state index in [2.05, 4.69) is 30.3 Å². The Kier molecular flexibility index (Phi) is 4.95. The normalized spacial score (nSPS) is 10.8. The third-order valence-electron chi connectivity index (χ3n) is 3.57. The molecule has 0 aromatic carbocycles. The molecule has 0 saturated carbocycles. The number of nitrogens with one attached hydrogen (secondary N) is 1. The van der Waals surface area contributed by atoms with Gasteiger partial charge in [-0.25, -0.2) is 0 Å². The van der Waals surface area contributed by atoms with Crippen LogP contribution in [0.2, 0.25) is 0 Å². The maximum Gasteiger partial charge on any atom is 0.220 e. The quantitative estimate of drug-likeness (QED) is 0.889. The molecule has 2 rings (SSSR count). The molecule has 2 aromatic rings. The Bertz CT molecular complexity index is 572. The molecular formula is C15H21N3OS. The van der Waals surface area contributed by atoms with Crippen LogP contribution in [-0.4, -0.2) is 22.2 Å². The topological polar surface area (TPSA) is 46.9 Å². The van der Waals surface area contributed by atoms with Gasteiger partial charge in [-0.2, -0.15) is 5.10 Å². The lowest BCUT2D eigenvalue weighted by atomic mass is 10.2. The molecule has 0 fully saturated rings. The Morgan fingerprint density at radius 3 is 2.80 bits per heavy atom. The number of hydrogen-bond donors (Lipinski definition) is 1. The number of aryl methyl sites for hydroxylation is 2. The molecule has 0 aliphatic rings. The maximum atomic E-state index is 11.7. The van der Waals surface area contributed by atoms with Crippen LogP contribution >= 0.6 is 11.3 Å². The third-order valence-corrected chi connectivity index (χ3v) is 4.50. The number of amides is 1. The average molecular weight is 291 g/mol. The van der Waals surface area contributed by atoms with Gasteiger partial charge in [-0.05, 0) is 44.2 Å². The van der Waals surface area contributed by atoms with E-state index in [1.165, 1.54) is 16.1 Å². The Labute approximate surface area is 123 Å². The van der Waals surface area contributed by atoms with E-state index in [0.29, 0.717) is 13.0 Å². The van der Waals surface area contributed by atoms with Crippen molar-refractivity contribution in [2.75, 3.05) is 6.54 Å². The molecule has 0 radical (unpaired) electrons. The van der Waals surface area contributed by atoms with Crippen LogP contribution in [-0.2, 0) is 17.8 Å². The summed E-state index contributed by atoms with van der Waals surface area (Å²) in [6.07, 6.45) is 1.37. The van der Waals surface area contributed by atoms with Gasteiger partial charge in [0.25, 0.3) is 0 Å². The van der Waals surface area contributed by atoms with Gasteiger partial charge >= 0.3 is 0 Å². The first-order valence-electron chi connectivity index (χ1n) is 6.87. The minimum atomic E-state index is 0.108. The second kappa shape index (κ2) is 6.70. The van der Waals surface area contributed by atoms with Crippen molar-refractivity contribution in [1.29, 1.82) is 0 Å². The van der Waals surface area contributed by atoms with Crippen LogP contribution in [0.5, 0.6) is 0 Å². The number of hydrogen-bond acceptors (Lipinski definition) is 3. The van der Waals surface area contributed by atoms with E-state index in [1.807, 2.05) is 23.1 Å². The molecule has 4 nitrogen and oxygen atoms in total. The molecule has 1 N–H and O–H groups in total. The first kappa shape index (κ1) is 14.8. The molecule has 0 aliphatic heterocycles. The highest BCUT2D eigenvalue weighted by Gasteiger charge is 2.07. The van der Waals surface area contributed by atoms with Crippen LogP contribution in [0.25, 0.3) is 0 Å². The summed E-state index contributed by atoms with van der Waals surface area (Å²) in [5.74, 6) is 0.108. The van der Waals surface area contributed by atoms with Crippen molar-refractivity contribution in [2.45, 2.75) is 40.2 Å². The van der Waals surface area contributed by atoms with Crippen LogP contribution in [0.15, 0.2) is 17.5 Å². The first-order chi connectivity index (χ1) is 9.58. The van der Waals surface area contributed by atoms with E-state index in [-0.39, 0.29) is 5.91 Å². The molecular weight excluding hydrogens is 270 g/mol. The molecule has 2 heterocycles. The van der Waals surface area contributed by atoms with Gasteiger partial charge in [0, 0.05) is 23.5 Å². The minimum Gasteiger partial charge on any atom is -0.354 e. The summed E-state index contributed by atoms with van der Waals surface area (Å²) in [5.41, 5.74) is 3.47.